The van der Waals surface area contributed by atoms with Crippen molar-refractivity contribution in [2.75, 3.05) is 31.1 Å². The molecule has 6 nitrogen and oxygen atoms in total. The van der Waals surface area contributed by atoms with E-state index in [4.69, 9.17) is 16.3 Å². The summed E-state index contributed by atoms with van der Waals surface area (Å²) in [6.07, 6.45) is -1.24. The highest BCUT2D eigenvalue weighted by atomic mass is 35.5. The Morgan fingerprint density at radius 1 is 1.15 bits per heavy atom. The average molecular weight is 476 g/mol. The summed E-state index contributed by atoms with van der Waals surface area (Å²) in [7, 11) is 0. The van der Waals surface area contributed by atoms with Crippen molar-refractivity contribution in [3.63, 3.8) is 0 Å². The zero-order chi connectivity index (χ0) is 24.2. The summed E-state index contributed by atoms with van der Waals surface area (Å²) in [6, 6.07) is 11.1. The van der Waals surface area contributed by atoms with E-state index >= 15 is 0 Å². The minimum atomic E-state index is -1.21. The fourth-order valence-electron chi connectivity index (χ4n) is 3.92. The molecule has 2 aromatic rings. The molecule has 1 saturated heterocycles. The number of carbonyl (C=O) groups is 1. The van der Waals surface area contributed by atoms with Crippen molar-refractivity contribution < 1.29 is 13.9 Å². The Morgan fingerprint density at radius 3 is 2.42 bits per heavy atom. The first kappa shape index (κ1) is 25.0. The molecule has 1 aliphatic rings. The van der Waals surface area contributed by atoms with Crippen LogP contribution in [0.4, 0.5) is 14.9 Å². The van der Waals surface area contributed by atoms with Crippen LogP contribution >= 0.6 is 11.6 Å². The van der Waals surface area contributed by atoms with E-state index in [-0.39, 0.29) is 12.6 Å². The van der Waals surface area contributed by atoms with E-state index in [1.807, 2.05) is 51.1 Å². The third-order valence-corrected chi connectivity index (χ3v) is 6.04. The van der Waals surface area contributed by atoms with E-state index in [1.165, 1.54) is 0 Å². The highest BCUT2D eigenvalue weighted by Crippen LogP contribution is 2.41. The Morgan fingerprint density at radius 2 is 1.82 bits per heavy atom. The molecule has 3 rings (SSSR count). The van der Waals surface area contributed by atoms with Gasteiger partial charge < -0.3 is 14.5 Å². The van der Waals surface area contributed by atoms with Gasteiger partial charge in [0.05, 0.1) is 5.02 Å². The Labute approximate surface area is 199 Å². The second kappa shape index (κ2) is 10.5. The number of halogens is 2. The summed E-state index contributed by atoms with van der Waals surface area (Å²) in [5.41, 5.74) is 2.89. The third-order valence-electron chi connectivity index (χ3n) is 5.62. The molecule has 8 heteroatoms. The number of carbonyl (C=O) groups excluding carboxylic acids is 1. The monoisotopic (exact) mass is 475 g/mol. The van der Waals surface area contributed by atoms with Crippen LogP contribution in [0, 0.1) is 4.91 Å². The molecule has 0 aromatic heterocycles. The number of ether oxygens (including phenoxy) is 1. The molecule has 1 amide bonds. The van der Waals surface area contributed by atoms with Gasteiger partial charge in [0, 0.05) is 43.0 Å². The lowest BCUT2D eigenvalue weighted by molar-refractivity contribution is 0.0240. The van der Waals surface area contributed by atoms with Crippen molar-refractivity contribution in [2.45, 2.75) is 52.4 Å². The maximum absolute atomic E-state index is 14.9. The molecular weight excluding hydrogens is 445 g/mol. The van der Waals surface area contributed by atoms with Gasteiger partial charge in [-0.2, -0.15) is 4.91 Å². The molecule has 1 unspecified atom stereocenters. The SMILES string of the molecule is CCC(F)c1cc(N2CCN(C(=O)OC(C)(C)C)CC2)cc(-c2ccccc2CN=O)c1Cl. The average Bonchev–Trinajstić information content (AvgIpc) is 2.78. The van der Waals surface area contributed by atoms with Gasteiger partial charge in [0.2, 0.25) is 0 Å². The van der Waals surface area contributed by atoms with Gasteiger partial charge in [0.15, 0.2) is 0 Å². The van der Waals surface area contributed by atoms with E-state index < -0.39 is 11.8 Å². The molecule has 0 saturated carbocycles. The van der Waals surface area contributed by atoms with Crippen LogP contribution in [0.2, 0.25) is 5.02 Å². The van der Waals surface area contributed by atoms with E-state index in [0.717, 1.165) is 16.8 Å². The molecular formula is C25H31ClFN3O3. The first-order valence-electron chi connectivity index (χ1n) is 11.2. The zero-order valence-corrected chi connectivity index (χ0v) is 20.4. The predicted molar refractivity (Wildman–Crippen MR) is 131 cm³/mol. The lowest BCUT2D eigenvalue weighted by Gasteiger charge is -2.37. The van der Waals surface area contributed by atoms with Gasteiger partial charge in [-0.1, -0.05) is 48.0 Å². The molecule has 33 heavy (non-hydrogen) atoms. The molecule has 1 aliphatic heterocycles. The Balaban J connectivity index is 1.93. The minimum absolute atomic E-state index is 0.00740. The number of hydrogen-bond acceptors (Lipinski definition) is 5. The van der Waals surface area contributed by atoms with Gasteiger partial charge in [0.25, 0.3) is 0 Å². The molecule has 0 spiro atoms. The van der Waals surface area contributed by atoms with Gasteiger partial charge in [-0.15, -0.1) is 0 Å². The summed E-state index contributed by atoms with van der Waals surface area (Å²) in [5, 5.41) is 3.38. The topological polar surface area (TPSA) is 62.2 Å². The maximum Gasteiger partial charge on any atom is 0.410 e. The number of benzene rings is 2. The van der Waals surface area contributed by atoms with Gasteiger partial charge in [0.1, 0.15) is 18.3 Å². The smallest absolute Gasteiger partial charge is 0.410 e. The minimum Gasteiger partial charge on any atom is -0.444 e. The fraction of sp³-hybridized carbons (Fsp3) is 0.480. The fourth-order valence-corrected chi connectivity index (χ4v) is 4.25. The number of amides is 1. The number of alkyl halides is 1. The molecule has 178 valence electrons. The summed E-state index contributed by atoms with van der Waals surface area (Å²) < 4.78 is 20.4. The summed E-state index contributed by atoms with van der Waals surface area (Å²) in [4.78, 5) is 27.2. The number of hydrogen-bond donors (Lipinski definition) is 0. The summed E-state index contributed by atoms with van der Waals surface area (Å²) >= 11 is 6.69. The molecule has 1 fully saturated rings. The molecule has 1 atom stereocenters. The number of rotatable bonds is 6. The Bertz CT molecular complexity index is 1000. The van der Waals surface area contributed by atoms with E-state index in [9.17, 15) is 14.1 Å². The van der Waals surface area contributed by atoms with E-state index in [1.54, 1.807) is 17.9 Å². The molecule has 0 radical (unpaired) electrons. The van der Waals surface area contributed by atoms with Gasteiger partial charge in [-0.3, -0.25) is 0 Å². The van der Waals surface area contributed by atoms with Crippen molar-refractivity contribution in [3.05, 3.63) is 57.5 Å². The van der Waals surface area contributed by atoms with Crippen LogP contribution < -0.4 is 4.90 Å². The van der Waals surface area contributed by atoms with E-state index in [2.05, 4.69) is 10.1 Å². The maximum atomic E-state index is 14.9. The van der Waals surface area contributed by atoms with Crippen molar-refractivity contribution in [1.29, 1.82) is 0 Å². The van der Waals surface area contributed by atoms with Crippen LogP contribution in [0.1, 0.15) is 51.4 Å². The largest absolute Gasteiger partial charge is 0.444 e. The predicted octanol–water partition coefficient (Wildman–Crippen LogP) is 6.75. The zero-order valence-electron chi connectivity index (χ0n) is 19.6. The first-order chi connectivity index (χ1) is 15.6. The standard InChI is InChI=1S/C25H31ClFN3O3/c1-5-22(27)21-15-18(29-10-12-30(13-11-29)24(31)33-25(2,3)4)14-20(23(21)26)19-9-7-6-8-17(19)16-28-32/h6-9,14-15,22H,5,10-13,16H2,1-4H3. The van der Waals surface area contributed by atoms with Crippen LogP contribution in [0.15, 0.2) is 41.6 Å². The Kier molecular flexibility index (Phi) is 7.95. The Hall–Kier alpha value is -2.67. The van der Waals surface area contributed by atoms with Crippen LogP contribution in [0.3, 0.4) is 0 Å². The molecule has 0 N–H and O–H groups in total. The normalized spacial score (nSPS) is 15.3. The lowest BCUT2D eigenvalue weighted by atomic mass is 9.95. The lowest BCUT2D eigenvalue weighted by Crippen LogP contribution is -2.50. The van der Waals surface area contributed by atoms with E-state index in [0.29, 0.717) is 48.7 Å². The van der Waals surface area contributed by atoms with Crippen LogP contribution in [0.5, 0.6) is 0 Å². The number of anilines is 1. The van der Waals surface area contributed by atoms with Gasteiger partial charge >= 0.3 is 6.09 Å². The van der Waals surface area contributed by atoms with Crippen molar-refractivity contribution in [1.82, 2.24) is 4.90 Å². The molecule has 0 bridgehead atoms. The van der Waals surface area contributed by atoms with Crippen LogP contribution in [-0.2, 0) is 11.3 Å². The van der Waals surface area contributed by atoms with Crippen LogP contribution in [0.25, 0.3) is 11.1 Å². The van der Waals surface area contributed by atoms with Crippen molar-refractivity contribution >= 4 is 23.4 Å². The summed E-state index contributed by atoms with van der Waals surface area (Å²) in [5.74, 6) is 0. The van der Waals surface area contributed by atoms with Gasteiger partial charge in [-0.05, 0) is 50.5 Å². The van der Waals surface area contributed by atoms with Crippen molar-refractivity contribution in [2.24, 2.45) is 5.18 Å². The molecule has 1 heterocycles. The first-order valence-corrected chi connectivity index (χ1v) is 11.6. The second-order valence-electron chi connectivity index (χ2n) is 9.17. The third kappa shape index (κ3) is 6.02. The van der Waals surface area contributed by atoms with Gasteiger partial charge in [-0.25, -0.2) is 9.18 Å². The molecule has 2 aromatic carbocycles. The highest BCUT2D eigenvalue weighted by Gasteiger charge is 2.27. The quantitative estimate of drug-likeness (QED) is 0.433. The number of piperazine rings is 1. The second-order valence-corrected chi connectivity index (χ2v) is 9.55. The summed E-state index contributed by atoms with van der Waals surface area (Å²) in [6.45, 7) is 9.48. The highest BCUT2D eigenvalue weighted by molar-refractivity contribution is 6.34. The van der Waals surface area contributed by atoms with Crippen LogP contribution in [-0.4, -0.2) is 42.8 Å². The number of nitroso groups, excluding NO2 is 1. The number of nitrogens with zero attached hydrogens (tertiary/aromatic N) is 3. The molecule has 0 aliphatic carbocycles. The van der Waals surface area contributed by atoms with Crippen molar-refractivity contribution in [3.8, 4) is 11.1 Å².